The Bertz CT molecular complexity index is 495. The summed E-state index contributed by atoms with van der Waals surface area (Å²) >= 11 is 0. The van der Waals surface area contributed by atoms with Crippen molar-refractivity contribution in [2.45, 2.75) is 38.6 Å². The summed E-state index contributed by atoms with van der Waals surface area (Å²) in [5, 5.41) is 22.3. The highest BCUT2D eigenvalue weighted by molar-refractivity contribution is 5.77. The van der Waals surface area contributed by atoms with Gasteiger partial charge in [-0.1, -0.05) is 24.3 Å². The van der Waals surface area contributed by atoms with Gasteiger partial charge in [0.15, 0.2) is 0 Å². The van der Waals surface area contributed by atoms with E-state index >= 15 is 0 Å². The van der Waals surface area contributed by atoms with Crippen molar-refractivity contribution in [3.05, 3.63) is 35.4 Å². The molecule has 1 rings (SSSR count). The van der Waals surface area contributed by atoms with Gasteiger partial charge < -0.3 is 20.3 Å². The quantitative estimate of drug-likeness (QED) is 0.714. The van der Waals surface area contributed by atoms with Crippen LogP contribution in [0.5, 0.6) is 0 Å². The molecule has 0 heterocycles. The van der Waals surface area contributed by atoms with Gasteiger partial charge in [-0.3, -0.25) is 4.79 Å². The third kappa shape index (κ3) is 5.53. The van der Waals surface area contributed by atoms with E-state index in [0.29, 0.717) is 17.4 Å². The Morgan fingerprint density at radius 2 is 1.95 bits per heavy atom. The molecule has 21 heavy (non-hydrogen) atoms. The average molecular weight is 295 g/mol. The van der Waals surface area contributed by atoms with Crippen LogP contribution in [0.2, 0.25) is 0 Å². The van der Waals surface area contributed by atoms with Gasteiger partial charge in [-0.05, 0) is 26.3 Å². The first-order chi connectivity index (χ1) is 9.74. The van der Waals surface area contributed by atoms with Gasteiger partial charge in [0.25, 0.3) is 0 Å². The third-order valence-corrected chi connectivity index (χ3v) is 2.66. The van der Waals surface area contributed by atoms with E-state index in [9.17, 15) is 19.8 Å². The first-order valence-electron chi connectivity index (χ1n) is 6.61. The van der Waals surface area contributed by atoms with Crippen LogP contribution in [0.3, 0.4) is 0 Å². The molecule has 1 aromatic carbocycles. The van der Waals surface area contributed by atoms with Crippen LogP contribution in [0, 0.1) is 0 Å². The molecule has 0 radical (unpaired) electrons. The third-order valence-electron chi connectivity index (χ3n) is 2.66. The molecule has 0 fully saturated rings. The van der Waals surface area contributed by atoms with Crippen molar-refractivity contribution in [2.75, 3.05) is 6.54 Å². The smallest absolute Gasteiger partial charge is 0.407 e. The minimum Gasteiger partial charge on any atom is -0.444 e. The maximum absolute atomic E-state index is 11.5. The highest BCUT2D eigenvalue weighted by atomic mass is 16.6. The summed E-state index contributed by atoms with van der Waals surface area (Å²) in [6.45, 7) is 4.97. The number of rotatable bonds is 5. The number of carbonyl (C=O) groups excluding carboxylic acids is 2. The summed E-state index contributed by atoms with van der Waals surface area (Å²) in [7, 11) is 0. The lowest BCUT2D eigenvalue weighted by atomic mass is 9.99. The Kier molecular flexibility index (Phi) is 5.87. The monoisotopic (exact) mass is 295 g/mol. The summed E-state index contributed by atoms with van der Waals surface area (Å²) < 4.78 is 5.02. The normalized spacial score (nSPS) is 14.1. The Hall–Kier alpha value is -1.92. The van der Waals surface area contributed by atoms with Gasteiger partial charge in [0, 0.05) is 12.1 Å². The molecule has 0 saturated carbocycles. The fourth-order valence-corrected chi connectivity index (χ4v) is 1.71. The molecule has 0 aliphatic heterocycles. The predicted molar refractivity (Wildman–Crippen MR) is 77.0 cm³/mol. The molecule has 0 aliphatic rings. The summed E-state index contributed by atoms with van der Waals surface area (Å²) in [4.78, 5) is 22.4. The minimum absolute atomic E-state index is 0.191. The zero-order valence-electron chi connectivity index (χ0n) is 12.4. The number of aldehydes is 1. The molecule has 1 amide bonds. The molecule has 0 bridgehead atoms. The Balaban J connectivity index is 2.61. The fourth-order valence-electron chi connectivity index (χ4n) is 1.71. The Morgan fingerprint density at radius 1 is 1.33 bits per heavy atom. The maximum atomic E-state index is 11.5. The van der Waals surface area contributed by atoms with Gasteiger partial charge in [-0.15, -0.1) is 0 Å². The zero-order valence-corrected chi connectivity index (χ0v) is 12.4. The van der Waals surface area contributed by atoms with E-state index in [2.05, 4.69) is 5.32 Å². The van der Waals surface area contributed by atoms with Crippen molar-refractivity contribution >= 4 is 12.4 Å². The van der Waals surface area contributed by atoms with Crippen molar-refractivity contribution in [3.63, 3.8) is 0 Å². The van der Waals surface area contributed by atoms with E-state index in [1.165, 1.54) is 0 Å². The number of aliphatic hydroxyl groups is 2. The van der Waals surface area contributed by atoms with E-state index in [0.717, 1.165) is 0 Å². The first-order valence-corrected chi connectivity index (χ1v) is 6.61. The standard InChI is InChI=1S/C15H21NO5/c1-15(2,3)21-14(20)16-8-12(18)13(19)11-7-5-4-6-10(11)9-17/h4-7,9,12-13,18-19H,8H2,1-3H3,(H,16,20). The summed E-state index contributed by atoms with van der Waals surface area (Å²) in [6, 6.07) is 6.40. The van der Waals surface area contributed by atoms with Crippen LogP contribution in [0.15, 0.2) is 24.3 Å². The van der Waals surface area contributed by atoms with Crippen LogP contribution >= 0.6 is 0 Å². The summed E-state index contributed by atoms with van der Waals surface area (Å²) in [6.07, 6.45) is -2.61. The number of amides is 1. The van der Waals surface area contributed by atoms with Gasteiger partial charge in [-0.2, -0.15) is 0 Å². The number of ether oxygens (including phenoxy) is 1. The molecule has 2 atom stereocenters. The van der Waals surface area contributed by atoms with E-state index in [-0.39, 0.29) is 6.54 Å². The first kappa shape index (κ1) is 17.1. The lowest BCUT2D eigenvalue weighted by molar-refractivity contribution is 0.0126. The largest absolute Gasteiger partial charge is 0.444 e. The van der Waals surface area contributed by atoms with Crippen molar-refractivity contribution in [3.8, 4) is 0 Å². The average Bonchev–Trinajstić information content (AvgIpc) is 2.42. The molecule has 3 N–H and O–H groups in total. The number of nitrogens with one attached hydrogen (secondary N) is 1. The molecular formula is C15H21NO5. The summed E-state index contributed by atoms with van der Waals surface area (Å²) in [5.74, 6) is 0. The number of hydrogen-bond donors (Lipinski definition) is 3. The van der Waals surface area contributed by atoms with Crippen molar-refractivity contribution in [1.29, 1.82) is 0 Å². The van der Waals surface area contributed by atoms with Gasteiger partial charge >= 0.3 is 6.09 Å². The van der Waals surface area contributed by atoms with Crippen molar-refractivity contribution in [1.82, 2.24) is 5.32 Å². The lowest BCUT2D eigenvalue weighted by Crippen LogP contribution is -2.39. The van der Waals surface area contributed by atoms with Crippen molar-refractivity contribution < 1.29 is 24.5 Å². The zero-order chi connectivity index (χ0) is 16.0. The van der Waals surface area contributed by atoms with Gasteiger partial charge in [-0.25, -0.2) is 4.79 Å². The topological polar surface area (TPSA) is 95.9 Å². The second kappa shape index (κ2) is 7.19. The predicted octanol–water partition coefficient (Wildman–Crippen LogP) is 1.42. The second-order valence-electron chi connectivity index (χ2n) is 5.64. The lowest BCUT2D eigenvalue weighted by Gasteiger charge is -2.22. The van der Waals surface area contributed by atoms with E-state index in [4.69, 9.17) is 4.74 Å². The number of aliphatic hydroxyl groups excluding tert-OH is 2. The maximum Gasteiger partial charge on any atom is 0.407 e. The molecule has 6 nitrogen and oxygen atoms in total. The molecule has 0 spiro atoms. The number of hydrogen-bond acceptors (Lipinski definition) is 5. The second-order valence-corrected chi connectivity index (χ2v) is 5.64. The fraction of sp³-hybridized carbons (Fsp3) is 0.467. The molecular weight excluding hydrogens is 274 g/mol. The molecule has 0 aliphatic carbocycles. The molecule has 1 aromatic rings. The Labute approximate surface area is 123 Å². The van der Waals surface area contributed by atoms with E-state index < -0.39 is 23.9 Å². The van der Waals surface area contributed by atoms with Crippen LogP contribution in [0.25, 0.3) is 0 Å². The van der Waals surface area contributed by atoms with Gasteiger partial charge in [0.1, 0.15) is 24.1 Å². The van der Waals surface area contributed by atoms with Crippen molar-refractivity contribution in [2.24, 2.45) is 0 Å². The van der Waals surface area contributed by atoms with Gasteiger partial charge in [0.2, 0.25) is 0 Å². The van der Waals surface area contributed by atoms with Gasteiger partial charge in [0.05, 0.1) is 0 Å². The molecule has 2 unspecified atom stereocenters. The van der Waals surface area contributed by atoms with Crippen LogP contribution in [0.4, 0.5) is 4.79 Å². The highest BCUT2D eigenvalue weighted by Crippen LogP contribution is 2.19. The van der Waals surface area contributed by atoms with Crippen LogP contribution in [-0.4, -0.2) is 40.8 Å². The minimum atomic E-state index is -1.28. The molecule has 0 aromatic heterocycles. The van der Waals surface area contributed by atoms with Crippen LogP contribution < -0.4 is 5.32 Å². The number of carbonyl (C=O) groups is 2. The Morgan fingerprint density at radius 3 is 2.52 bits per heavy atom. The van der Waals surface area contributed by atoms with E-state index in [1.807, 2.05) is 0 Å². The highest BCUT2D eigenvalue weighted by Gasteiger charge is 2.22. The SMILES string of the molecule is CC(C)(C)OC(=O)NCC(O)C(O)c1ccccc1C=O. The van der Waals surface area contributed by atoms with E-state index in [1.54, 1.807) is 45.0 Å². The number of benzene rings is 1. The van der Waals surface area contributed by atoms with Crippen LogP contribution in [0.1, 0.15) is 42.8 Å². The molecule has 6 heteroatoms. The molecule has 116 valence electrons. The van der Waals surface area contributed by atoms with Crippen LogP contribution in [-0.2, 0) is 4.74 Å². The molecule has 0 saturated heterocycles. The number of alkyl carbamates (subject to hydrolysis) is 1. The summed E-state index contributed by atoms with van der Waals surface area (Å²) in [5.41, 5.74) is -0.0371.